The minimum absolute atomic E-state index is 0. The molecule has 3 aromatic rings. The fraction of sp³-hybridized carbons (Fsp3) is 0.0952. The first-order valence-electron chi connectivity index (χ1n) is 8.56. The molecule has 1 N–H and O–H groups in total. The molecule has 1 aromatic heterocycles. The standard InChI is InChI=1S/C20H17ClN2O5S.CH3.Y/c1-2-27-20(24)18-11-15(23-29(25,26)17-6-4-3-5-7-17)8-9-19(18)28-16-10-14(21)12-22-13-16;;/h3-13,23H,2H2,1H3;1H3;/q;-1;. The molecule has 0 amide bonds. The Morgan fingerprint density at radius 1 is 1.10 bits per heavy atom. The van der Waals surface area contributed by atoms with Gasteiger partial charge in [-0.3, -0.25) is 9.71 Å². The molecule has 2 aromatic carbocycles. The molecule has 1 heterocycles. The van der Waals surface area contributed by atoms with E-state index in [2.05, 4.69) is 9.71 Å². The predicted octanol–water partition coefficient (Wildman–Crippen LogP) is 4.95. The number of aromatic nitrogens is 1. The summed E-state index contributed by atoms with van der Waals surface area (Å²) in [5.41, 5.74) is 0.244. The molecular weight excluding hydrogens is 517 g/mol. The molecule has 0 bridgehead atoms. The van der Waals surface area contributed by atoms with E-state index in [-0.39, 0.29) is 68.6 Å². The smallest absolute Gasteiger partial charge is 0.342 e. The van der Waals surface area contributed by atoms with E-state index in [1.807, 2.05) is 0 Å². The van der Waals surface area contributed by atoms with E-state index in [0.29, 0.717) is 10.8 Å². The second kappa shape index (κ2) is 12.1. The summed E-state index contributed by atoms with van der Waals surface area (Å²) in [6.45, 7) is 1.82. The van der Waals surface area contributed by atoms with Gasteiger partial charge >= 0.3 is 5.97 Å². The number of halogens is 1. The summed E-state index contributed by atoms with van der Waals surface area (Å²) >= 11 is 5.91. The van der Waals surface area contributed by atoms with Crippen LogP contribution in [0.3, 0.4) is 0 Å². The van der Waals surface area contributed by atoms with Gasteiger partial charge in [-0.25, -0.2) is 13.2 Å². The fourth-order valence-corrected chi connectivity index (χ4v) is 3.67. The number of hydrogen-bond acceptors (Lipinski definition) is 6. The maximum Gasteiger partial charge on any atom is 0.342 e. The van der Waals surface area contributed by atoms with Crippen LogP contribution in [0.2, 0.25) is 5.02 Å². The number of benzene rings is 2. The largest absolute Gasteiger partial charge is 0.462 e. The number of nitrogens with one attached hydrogen (secondary N) is 1. The van der Waals surface area contributed by atoms with Crippen molar-refractivity contribution in [2.45, 2.75) is 11.8 Å². The minimum atomic E-state index is -3.82. The number of carbonyl (C=O) groups is 1. The van der Waals surface area contributed by atoms with E-state index >= 15 is 0 Å². The second-order valence-electron chi connectivity index (χ2n) is 5.79. The van der Waals surface area contributed by atoms with Crippen LogP contribution in [0.5, 0.6) is 11.5 Å². The Bertz CT molecular complexity index is 1130. The van der Waals surface area contributed by atoms with Gasteiger partial charge in [0.2, 0.25) is 0 Å². The molecule has 161 valence electrons. The number of anilines is 1. The Morgan fingerprint density at radius 3 is 2.45 bits per heavy atom. The first kappa shape index (κ1) is 27.0. The zero-order valence-electron chi connectivity index (χ0n) is 16.9. The molecule has 0 aliphatic carbocycles. The molecule has 0 atom stereocenters. The van der Waals surface area contributed by atoms with Crippen LogP contribution in [0.1, 0.15) is 17.3 Å². The van der Waals surface area contributed by atoms with Crippen molar-refractivity contribution in [3.63, 3.8) is 0 Å². The van der Waals surface area contributed by atoms with Gasteiger partial charge in [-0.15, -0.1) is 0 Å². The maximum atomic E-state index is 12.5. The molecule has 0 saturated carbocycles. The van der Waals surface area contributed by atoms with Gasteiger partial charge in [0, 0.05) is 50.7 Å². The third-order valence-electron chi connectivity index (χ3n) is 3.69. The summed E-state index contributed by atoms with van der Waals surface area (Å²) in [6, 6.07) is 13.7. The van der Waals surface area contributed by atoms with Crippen molar-refractivity contribution in [3.8, 4) is 11.5 Å². The van der Waals surface area contributed by atoms with Gasteiger partial charge in [-0.1, -0.05) is 29.8 Å². The van der Waals surface area contributed by atoms with Crippen molar-refractivity contribution in [3.05, 3.63) is 85.0 Å². The summed E-state index contributed by atoms with van der Waals surface area (Å²) in [4.78, 5) is 16.4. The molecule has 1 radical (unpaired) electrons. The number of hydrogen-bond donors (Lipinski definition) is 1. The van der Waals surface area contributed by atoms with Crippen LogP contribution in [0.4, 0.5) is 5.69 Å². The van der Waals surface area contributed by atoms with Crippen molar-refractivity contribution < 1.29 is 55.4 Å². The SMILES string of the molecule is CCOC(=O)c1cc(NS(=O)(=O)c2ccccc2)ccc1Oc1cncc(Cl)c1.[CH3-].[Y]. The van der Waals surface area contributed by atoms with Gasteiger partial charge in [-0.2, -0.15) is 0 Å². The maximum absolute atomic E-state index is 12.5. The number of esters is 1. The van der Waals surface area contributed by atoms with E-state index in [1.54, 1.807) is 25.1 Å². The van der Waals surface area contributed by atoms with Gasteiger partial charge in [0.1, 0.15) is 17.1 Å². The van der Waals surface area contributed by atoms with Crippen LogP contribution in [0, 0.1) is 7.43 Å². The van der Waals surface area contributed by atoms with Gasteiger partial charge in [-0.05, 0) is 37.3 Å². The Balaban J connectivity index is 0.00000240. The van der Waals surface area contributed by atoms with E-state index in [1.165, 1.54) is 48.8 Å². The predicted molar refractivity (Wildman–Crippen MR) is 115 cm³/mol. The second-order valence-corrected chi connectivity index (χ2v) is 7.91. The molecule has 0 aliphatic heterocycles. The molecule has 0 spiro atoms. The molecule has 7 nitrogen and oxygen atoms in total. The number of rotatable bonds is 7. The van der Waals surface area contributed by atoms with Crippen LogP contribution in [-0.4, -0.2) is 26.0 Å². The van der Waals surface area contributed by atoms with Crippen molar-refractivity contribution in [2.24, 2.45) is 0 Å². The van der Waals surface area contributed by atoms with Crippen LogP contribution in [-0.2, 0) is 47.5 Å². The van der Waals surface area contributed by atoms with Gasteiger partial charge in [0.05, 0.1) is 22.7 Å². The van der Waals surface area contributed by atoms with E-state index in [4.69, 9.17) is 21.1 Å². The number of carbonyl (C=O) groups excluding carboxylic acids is 1. The summed E-state index contributed by atoms with van der Waals surface area (Å²) in [5, 5.41) is 0.368. The number of pyridine rings is 1. The first-order valence-corrected chi connectivity index (χ1v) is 10.4. The van der Waals surface area contributed by atoms with Crippen LogP contribution >= 0.6 is 11.6 Å². The molecule has 0 fully saturated rings. The van der Waals surface area contributed by atoms with Crippen molar-refractivity contribution in [2.75, 3.05) is 11.3 Å². The quantitative estimate of drug-likeness (QED) is 0.339. The Kier molecular flexibility index (Phi) is 10.6. The van der Waals surface area contributed by atoms with Crippen LogP contribution < -0.4 is 9.46 Å². The normalized spacial score (nSPS) is 10.3. The third-order valence-corrected chi connectivity index (χ3v) is 5.29. The summed E-state index contributed by atoms with van der Waals surface area (Å²) in [6.07, 6.45) is 2.88. The number of ether oxygens (including phenoxy) is 2. The van der Waals surface area contributed by atoms with E-state index in [0.717, 1.165) is 0 Å². The topological polar surface area (TPSA) is 94.6 Å². The summed E-state index contributed by atoms with van der Waals surface area (Å²) in [7, 11) is -3.82. The summed E-state index contributed by atoms with van der Waals surface area (Å²) < 4.78 is 38.3. The zero-order chi connectivity index (χ0) is 20.9. The number of nitrogens with zero attached hydrogens (tertiary/aromatic N) is 1. The zero-order valence-corrected chi connectivity index (χ0v) is 21.3. The Labute approximate surface area is 212 Å². The molecule has 10 heteroatoms. The third kappa shape index (κ3) is 7.28. The van der Waals surface area contributed by atoms with Crippen molar-refractivity contribution >= 4 is 33.3 Å². The minimum Gasteiger partial charge on any atom is -0.462 e. The first-order chi connectivity index (χ1) is 13.9. The Morgan fingerprint density at radius 2 is 1.81 bits per heavy atom. The number of sulfonamides is 1. The average Bonchev–Trinajstić information content (AvgIpc) is 2.70. The van der Waals surface area contributed by atoms with Crippen molar-refractivity contribution in [1.82, 2.24) is 4.98 Å². The van der Waals surface area contributed by atoms with Gasteiger partial charge in [0.25, 0.3) is 10.0 Å². The molecule has 0 saturated heterocycles. The van der Waals surface area contributed by atoms with Crippen molar-refractivity contribution in [1.29, 1.82) is 0 Å². The fourth-order valence-electron chi connectivity index (χ4n) is 2.44. The molecule has 0 aliphatic rings. The van der Waals surface area contributed by atoms with Crippen LogP contribution in [0.25, 0.3) is 0 Å². The van der Waals surface area contributed by atoms with E-state index in [9.17, 15) is 13.2 Å². The average molecular weight is 537 g/mol. The molecular formula is C21H20ClN2O5SY-. The van der Waals surface area contributed by atoms with E-state index < -0.39 is 16.0 Å². The molecule has 0 unspecified atom stereocenters. The molecule has 3 rings (SSSR count). The Hall–Kier alpha value is -2.00. The van der Waals surface area contributed by atoms with Gasteiger partial charge in [0.15, 0.2) is 0 Å². The monoisotopic (exact) mass is 536 g/mol. The summed E-state index contributed by atoms with van der Waals surface area (Å²) in [5.74, 6) is -0.158. The van der Waals surface area contributed by atoms with Gasteiger partial charge < -0.3 is 16.9 Å². The van der Waals surface area contributed by atoms with Crippen LogP contribution in [0.15, 0.2) is 71.9 Å². The molecule has 31 heavy (non-hydrogen) atoms.